The molecule has 2 rings (SSSR count). The molecule has 0 amide bonds. The summed E-state index contributed by atoms with van der Waals surface area (Å²) in [5.74, 6) is 0. The molecule has 2 heterocycles. The van der Waals surface area contributed by atoms with Crippen molar-refractivity contribution in [1.29, 1.82) is 0 Å². The highest BCUT2D eigenvalue weighted by molar-refractivity contribution is 7.11. The Morgan fingerprint density at radius 3 is 2.75 bits per heavy atom. The Bertz CT molecular complexity index is 453. The van der Waals surface area contributed by atoms with E-state index in [4.69, 9.17) is 4.74 Å². The second kappa shape index (κ2) is 5.99. The maximum absolute atomic E-state index is 13.1. The number of nitrogens with zero attached hydrogens (tertiary/aromatic N) is 1. The lowest BCUT2D eigenvalue weighted by Gasteiger charge is -2.19. The predicted octanol–water partition coefficient (Wildman–Crippen LogP) is 3.69. The van der Waals surface area contributed by atoms with Crippen LogP contribution < -0.4 is 5.32 Å². The van der Waals surface area contributed by atoms with E-state index < -0.39 is 17.5 Å². The number of hydrogen-bond donors (Lipinski definition) is 1. The minimum Gasteiger partial charge on any atom is -0.368 e. The van der Waals surface area contributed by atoms with Crippen LogP contribution in [0.5, 0.6) is 0 Å². The third-order valence-electron chi connectivity index (χ3n) is 3.35. The highest BCUT2D eigenvalue weighted by atomic mass is 32.1. The molecule has 1 saturated heterocycles. The van der Waals surface area contributed by atoms with Crippen molar-refractivity contribution in [3.05, 3.63) is 15.6 Å². The fourth-order valence-electron chi connectivity index (χ4n) is 2.25. The summed E-state index contributed by atoms with van der Waals surface area (Å²) in [5, 5.41) is 3.45. The smallest absolute Gasteiger partial charge is 0.368 e. The van der Waals surface area contributed by atoms with Gasteiger partial charge >= 0.3 is 6.18 Å². The number of halogens is 3. The molecule has 1 fully saturated rings. The quantitative estimate of drug-likeness (QED) is 0.843. The Hall–Kier alpha value is -0.660. The van der Waals surface area contributed by atoms with Crippen molar-refractivity contribution in [3.8, 4) is 0 Å². The summed E-state index contributed by atoms with van der Waals surface area (Å²) in [7, 11) is 0. The molecule has 0 aliphatic carbocycles. The van der Waals surface area contributed by atoms with Gasteiger partial charge in [0.1, 0.15) is 10.6 Å². The SMILES string of the molecule is CCCNCc1sc(C2(C)CCCO2)nc1C(F)(F)F. The zero-order valence-corrected chi connectivity index (χ0v) is 12.5. The first-order valence-corrected chi connectivity index (χ1v) is 7.60. The maximum Gasteiger partial charge on any atom is 0.434 e. The average Bonchev–Trinajstić information content (AvgIpc) is 2.96. The summed E-state index contributed by atoms with van der Waals surface area (Å²) < 4.78 is 44.8. The van der Waals surface area contributed by atoms with Gasteiger partial charge in [-0.25, -0.2) is 4.98 Å². The van der Waals surface area contributed by atoms with Crippen LogP contribution >= 0.6 is 11.3 Å². The zero-order chi connectivity index (χ0) is 14.8. The van der Waals surface area contributed by atoms with Gasteiger partial charge in [0.25, 0.3) is 0 Å². The van der Waals surface area contributed by atoms with Crippen molar-refractivity contribution in [2.75, 3.05) is 13.2 Å². The van der Waals surface area contributed by atoms with E-state index in [0.29, 0.717) is 18.2 Å². The van der Waals surface area contributed by atoms with Crippen molar-refractivity contribution in [2.45, 2.75) is 51.4 Å². The first kappa shape index (κ1) is 15.7. The number of nitrogens with one attached hydrogen (secondary N) is 1. The number of ether oxygens (including phenoxy) is 1. The monoisotopic (exact) mass is 308 g/mol. The Morgan fingerprint density at radius 2 is 2.20 bits per heavy atom. The normalized spacial score (nSPS) is 23.4. The second-order valence-electron chi connectivity index (χ2n) is 5.15. The first-order chi connectivity index (χ1) is 9.37. The van der Waals surface area contributed by atoms with E-state index in [1.807, 2.05) is 13.8 Å². The summed E-state index contributed by atoms with van der Waals surface area (Å²) in [4.78, 5) is 4.09. The lowest BCUT2D eigenvalue weighted by atomic mass is 10.0. The molecule has 1 N–H and O–H groups in total. The molecule has 0 radical (unpaired) electrons. The van der Waals surface area contributed by atoms with Crippen molar-refractivity contribution >= 4 is 11.3 Å². The van der Waals surface area contributed by atoms with E-state index in [1.54, 1.807) is 0 Å². The van der Waals surface area contributed by atoms with Gasteiger partial charge in [0.2, 0.25) is 0 Å². The Morgan fingerprint density at radius 1 is 1.45 bits per heavy atom. The number of hydrogen-bond acceptors (Lipinski definition) is 4. The summed E-state index contributed by atoms with van der Waals surface area (Å²) in [6, 6.07) is 0. The molecule has 1 atom stereocenters. The standard InChI is InChI=1S/C13H19F3N2OS/c1-3-6-17-8-9-10(13(14,15)16)18-11(20-9)12(2)5-4-7-19-12/h17H,3-8H2,1-2H3. The predicted molar refractivity (Wildman–Crippen MR) is 71.7 cm³/mol. The van der Waals surface area contributed by atoms with Crippen LogP contribution in [0.1, 0.15) is 48.7 Å². The Labute approximate surface area is 120 Å². The van der Waals surface area contributed by atoms with Gasteiger partial charge in [-0.05, 0) is 32.7 Å². The molecule has 1 unspecified atom stereocenters. The molecule has 0 bridgehead atoms. The zero-order valence-electron chi connectivity index (χ0n) is 11.6. The van der Waals surface area contributed by atoms with Crippen molar-refractivity contribution < 1.29 is 17.9 Å². The van der Waals surface area contributed by atoms with E-state index in [2.05, 4.69) is 10.3 Å². The highest BCUT2D eigenvalue weighted by Crippen LogP contribution is 2.42. The molecule has 0 aromatic carbocycles. The largest absolute Gasteiger partial charge is 0.434 e. The average molecular weight is 308 g/mol. The molecule has 20 heavy (non-hydrogen) atoms. The number of thiazole rings is 1. The van der Waals surface area contributed by atoms with Crippen LogP contribution in [-0.4, -0.2) is 18.1 Å². The van der Waals surface area contributed by atoms with Crippen molar-refractivity contribution in [3.63, 3.8) is 0 Å². The lowest BCUT2D eigenvalue weighted by Crippen LogP contribution is -2.20. The topological polar surface area (TPSA) is 34.1 Å². The first-order valence-electron chi connectivity index (χ1n) is 6.79. The van der Waals surface area contributed by atoms with Gasteiger partial charge in [-0.3, -0.25) is 0 Å². The van der Waals surface area contributed by atoms with Crippen LogP contribution in [0.2, 0.25) is 0 Å². The Balaban J connectivity index is 2.27. The molecule has 1 aliphatic heterocycles. The van der Waals surface area contributed by atoms with Gasteiger partial charge in [-0.1, -0.05) is 6.92 Å². The van der Waals surface area contributed by atoms with Crippen molar-refractivity contribution in [1.82, 2.24) is 10.3 Å². The Kier molecular flexibility index (Phi) is 4.71. The van der Waals surface area contributed by atoms with E-state index in [0.717, 1.165) is 30.6 Å². The lowest BCUT2D eigenvalue weighted by molar-refractivity contribution is -0.141. The molecule has 7 heteroatoms. The fraction of sp³-hybridized carbons (Fsp3) is 0.769. The van der Waals surface area contributed by atoms with Gasteiger partial charge in [0.05, 0.1) is 4.88 Å². The van der Waals surface area contributed by atoms with Gasteiger partial charge < -0.3 is 10.1 Å². The van der Waals surface area contributed by atoms with Crippen LogP contribution in [0.25, 0.3) is 0 Å². The van der Waals surface area contributed by atoms with Crippen LogP contribution in [0.4, 0.5) is 13.2 Å². The molecule has 114 valence electrons. The van der Waals surface area contributed by atoms with E-state index in [-0.39, 0.29) is 11.4 Å². The molecule has 0 spiro atoms. The third kappa shape index (κ3) is 3.32. The van der Waals surface area contributed by atoms with E-state index >= 15 is 0 Å². The van der Waals surface area contributed by atoms with Crippen LogP contribution in [-0.2, 0) is 23.1 Å². The molecular formula is C13H19F3N2OS. The summed E-state index contributed by atoms with van der Waals surface area (Å²) in [6.45, 7) is 5.28. The number of aromatic nitrogens is 1. The van der Waals surface area contributed by atoms with Crippen molar-refractivity contribution in [2.24, 2.45) is 0 Å². The van der Waals surface area contributed by atoms with Crippen LogP contribution in [0.15, 0.2) is 0 Å². The van der Waals surface area contributed by atoms with Crippen LogP contribution in [0, 0.1) is 0 Å². The third-order valence-corrected chi connectivity index (χ3v) is 4.65. The molecule has 0 saturated carbocycles. The molecule has 1 aromatic rings. The van der Waals surface area contributed by atoms with Gasteiger partial charge in [-0.15, -0.1) is 11.3 Å². The molecule has 3 nitrogen and oxygen atoms in total. The molecular weight excluding hydrogens is 289 g/mol. The van der Waals surface area contributed by atoms with E-state index in [9.17, 15) is 13.2 Å². The minimum atomic E-state index is -4.41. The van der Waals surface area contributed by atoms with Gasteiger partial charge in [0, 0.05) is 13.2 Å². The summed E-state index contributed by atoms with van der Waals surface area (Å²) in [6.07, 6.45) is -1.94. The van der Waals surface area contributed by atoms with E-state index in [1.165, 1.54) is 0 Å². The second-order valence-corrected chi connectivity index (χ2v) is 6.23. The minimum absolute atomic E-state index is 0.205. The van der Waals surface area contributed by atoms with Gasteiger partial charge in [0.15, 0.2) is 5.69 Å². The summed E-state index contributed by atoms with van der Waals surface area (Å²) in [5.41, 5.74) is -1.42. The maximum atomic E-state index is 13.1. The van der Waals surface area contributed by atoms with Crippen LogP contribution in [0.3, 0.4) is 0 Å². The molecule has 1 aliphatic rings. The number of alkyl halides is 3. The molecule has 1 aromatic heterocycles. The van der Waals surface area contributed by atoms with Gasteiger partial charge in [-0.2, -0.15) is 13.2 Å². The summed E-state index contributed by atoms with van der Waals surface area (Å²) >= 11 is 1.11. The fourth-order valence-corrected chi connectivity index (χ4v) is 3.43. The highest BCUT2D eigenvalue weighted by Gasteiger charge is 2.42. The number of rotatable bonds is 5.